The van der Waals surface area contributed by atoms with Crippen molar-refractivity contribution in [2.45, 2.75) is 268 Å². The second kappa shape index (κ2) is 32.7. The molecule has 1 aliphatic rings. The topological polar surface area (TPSA) is 38.4 Å². The number of nitrogens with zero attached hydrogens (tertiary/aromatic N) is 1. The molecular weight excluding hydrogens is 1000 g/mol. The highest BCUT2D eigenvalue weighted by Crippen LogP contribution is 2.56. The summed E-state index contributed by atoms with van der Waals surface area (Å²) in [6.07, 6.45) is 41.6. The quantitative estimate of drug-likeness (QED) is 0.0193. The Kier molecular flexibility index (Phi) is 26.3. The molecule has 0 saturated heterocycles. The molecule has 2 heteroatoms. The summed E-state index contributed by atoms with van der Waals surface area (Å²) in [6, 6.07) is 37.4. The van der Waals surface area contributed by atoms with Gasteiger partial charge in [0.2, 0.25) is 0 Å². The number of hydrogen-bond donors (Lipinski definition) is 1. The number of aryl methyl sites for hydroxylation is 2. The monoisotopic (exact) mass is 1110 g/mol. The number of benzene rings is 5. The molecule has 0 bridgehead atoms. The van der Waals surface area contributed by atoms with Crippen LogP contribution in [-0.4, -0.2) is 5.71 Å². The highest BCUT2D eigenvalue weighted by molar-refractivity contribution is 6.05. The minimum absolute atomic E-state index is 0.00352. The van der Waals surface area contributed by atoms with Crippen molar-refractivity contribution in [3.05, 3.63) is 183 Å². The molecule has 0 radical (unpaired) electrons. The summed E-state index contributed by atoms with van der Waals surface area (Å²) >= 11 is 0. The number of unbranched alkanes of at least 4 members (excludes halogenated alkanes) is 18. The number of fused-ring (bicyclic) bond motifs is 3. The van der Waals surface area contributed by atoms with Crippen molar-refractivity contribution < 1.29 is 0 Å². The number of hydrogen-bond acceptors (Lipinski definition) is 2. The van der Waals surface area contributed by atoms with Crippen LogP contribution >= 0.6 is 0 Å². The van der Waals surface area contributed by atoms with E-state index in [4.69, 9.17) is 10.7 Å². The maximum absolute atomic E-state index is 7.61. The van der Waals surface area contributed by atoms with Crippen LogP contribution in [0.1, 0.15) is 293 Å². The Labute approximate surface area is 509 Å². The molecule has 0 atom stereocenters. The van der Waals surface area contributed by atoms with Crippen LogP contribution in [0.4, 0.5) is 11.4 Å². The van der Waals surface area contributed by atoms with Crippen molar-refractivity contribution >= 4 is 33.8 Å². The van der Waals surface area contributed by atoms with Crippen LogP contribution < -0.4 is 5.73 Å². The fourth-order valence-electron chi connectivity index (χ4n) is 12.5. The van der Waals surface area contributed by atoms with Crippen LogP contribution in [-0.2, 0) is 17.3 Å². The Bertz CT molecular complexity index is 2940. The second-order valence-corrected chi connectivity index (χ2v) is 27.5. The third-order valence-corrected chi connectivity index (χ3v) is 18.5. The van der Waals surface area contributed by atoms with E-state index < -0.39 is 0 Å². The van der Waals surface area contributed by atoms with Gasteiger partial charge in [0.1, 0.15) is 0 Å². The predicted molar refractivity (Wildman–Crippen MR) is 371 cm³/mol. The van der Waals surface area contributed by atoms with Gasteiger partial charge in [-0.1, -0.05) is 329 Å². The van der Waals surface area contributed by atoms with Gasteiger partial charge in [-0.2, -0.15) is 0 Å². The molecule has 0 saturated carbocycles. The van der Waals surface area contributed by atoms with Gasteiger partial charge in [-0.25, -0.2) is 4.99 Å². The normalized spacial score (nSPS) is 14.2. The lowest BCUT2D eigenvalue weighted by molar-refractivity contribution is 0.396. The van der Waals surface area contributed by atoms with Gasteiger partial charge in [0.05, 0.1) is 17.1 Å². The van der Waals surface area contributed by atoms with Crippen molar-refractivity contribution in [3.8, 4) is 11.1 Å². The molecule has 0 heterocycles. The van der Waals surface area contributed by atoms with E-state index in [1.807, 2.05) is 0 Å². The largest absolute Gasteiger partial charge is 0.396 e. The Morgan fingerprint density at radius 2 is 0.952 bits per heavy atom. The molecule has 0 fully saturated rings. The van der Waals surface area contributed by atoms with Gasteiger partial charge in [-0.15, -0.1) is 0 Å². The van der Waals surface area contributed by atoms with E-state index in [0.29, 0.717) is 6.42 Å². The van der Waals surface area contributed by atoms with Gasteiger partial charge in [0.15, 0.2) is 0 Å². The fraction of sp³-hybridized carbons (Fsp3) is 0.519. The van der Waals surface area contributed by atoms with Crippen LogP contribution in [0.3, 0.4) is 0 Å². The van der Waals surface area contributed by atoms with Crippen molar-refractivity contribution in [2.24, 2.45) is 10.4 Å². The Balaban J connectivity index is 1.42. The van der Waals surface area contributed by atoms with Gasteiger partial charge in [-0.05, 0) is 132 Å². The smallest absolute Gasteiger partial charge is 0.0943 e. The summed E-state index contributed by atoms with van der Waals surface area (Å²) in [4.78, 5) is 5.69. The number of aliphatic imine (C=N–C) groups is 1. The molecule has 0 unspecified atom stereocenters. The van der Waals surface area contributed by atoms with Crippen molar-refractivity contribution in [2.75, 3.05) is 5.73 Å². The minimum Gasteiger partial charge on any atom is -0.396 e. The highest BCUT2D eigenvalue weighted by Gasteiger charge is 2.43. The predicted octanol–water partition coefficient (Wildman–Crippen LogP) is 25.1. The van der Waals surface area contributed by atoms with Crippen molar-refractivity contribution in [1.82, 2.24) is 0 Å². The van der Waals surface area contributed by atoms with E-state index in [1.165, 1.54) is 197 Å². The molecule has 6 rings (SSSR count). The van der Waals surface area contributed by atoms with Gasteiger partial charge in [0, 0.05) is 23.0 Å². The van der Waals surface area contributed by atoms with Gasteiger partial charge in [-0.3, -0.25) is 0 Å². The van der Waals surface area contributed by atoms with E-state index in [1.54, 1.807) is 11.1 Å². The summed E-state index contributed by atoms with van der Waals surface area (Å²) < 4.78 is 0. The Morgan fingerprint density at radius 1 is 0.482 bits per heavy atom. The molecule has 83 heavy (non-hydrogen) atoms. The zero-order chi connectivity index (χ0) is 60.0. The SMILES string of the molecule is CCCCCCCCCCCCC1(CCCCCCCCCCCC)c2cc(/C(C)=C/C=C(\CCC)c3ccc(/C(C)=C/C=C(\C)C(C)(C)C)c(N=C(Cc4ccc(C)cc4)c4ccc(C)cc4)c3N)ccc2-c2ccc(C(C)(C)C)cc21. The Hall–Kier alpha value is -5.47. The number of anilines is 1. The molecule has 5 aromatic rings. The molecule has 0 amide bonds. The molecule has 0 aliphatic heterocycles. The average molecular weight is 1120 g/mol. The lowest BCUT2D eigenvalue weighted by Gasteiger charge is -2.34. The summed E-state index contributed by atoms with van der Waals surface area (Å²) in [5, 5.41) is 0. The first-order chi connectivity index (χ1) is 39.8. The van der Waals surface area contributed by atoms with E-state index in [9.17, 15) is 0 Å². The van der Waals surface area contributed by atoms with Gasteiger partial charge < -0.3 is 5.73 Å². The maximum Gasteiger partial charge on any atom is 0.0943 e. The highest BCUT2D eigenvalue weighted by atomic mass is 14.8. The summed E-state index contributed by atoms with van der Waals surface area (Å²) in [6.45, 7) is 32.0. The molecule has 2 nitrogen and oxygen atoms in total. The number of nitrogens with two attached hydrogens (primary N) is 1. The standard InChI is InChI=1S/C81H114N2/c1-15-18-20-22-24-26-28-30-32-34-55-81(56-35-33-31-29-27-25-23-21-19-16-2)74-58-68(49-51-72(74)73-52-50-69(59-75(73)81)80(12,13)14)62(6)42-48-66(36-17-3)71-54-53-70(63(7)41-43-64(8)79(9,10)11)78(77(71)82)83-76(67-46-39-61(5)40-47-67)57-65-44-37-60(4)38-45-65/h37-54,58-59H,15-36,55-57,82H2,1-14H3/b62-42+,63-41+,64-43+,66-48+,83-76?. The van der Waals surface area contributed by atoms with Crippen LogP contribution in [0, 0.1) is 19.3 Å². The van der Waals surface area contributed by atoms with E-state index in [0.717, 1.165) is 52.2 Å². The maximum atomic E-state index is 7.61. The number of allylic oxidation sites excluding steroid dienone is 8. The van der Waals surface area contributed by atoms with Crippen LogP contribution in [0.2, 0.25) is 0 Å². The van der Waals surface area contributed by atoms with E-state index in [-0.39, 0.29) is 16.2 Å². The zero-order valence-electron chi connectivity index (χ0n) is 55.2. The van der Waals surface area contributed by atoms with Crippen LogP contribution in [0.25, 0.3) is 27.8 Å². The third kappa shape index (κ3) is 19.3. The van der Waals surface area contributed by atoms with Crippen molar-refractivity contribution in [3.63, 3.8) is 0 Å². The Morgan fingerprint density at radius 3 is 1.47 bits per heavy atom. The molecule has 1 aliphatic carbocycles. The summed E-state index contributed by atoms with van der Waals surface area (Å²) in [5.74, 6) is 0. The molecule has 0 aromatic heterocycles. The lowest BCUT2D eigenvalue weighted by Crippen LogP contribution is -2.26. The number of nitrogen functional groups attached to an aromatic ring is 1. The second-order valence-electron chi connectivity index (χ2n) is 27.5. The lowest BCUT2D eigenvalue weighted by atomic mass is 9.69. The fourth-order valence-corrected chi connectivity index (χ4v) is 12.5. The van der Waals surface area contributed by atoms with Crippen LogP contribution in [0.5, 0.6) is 0 Å². The molecule has 2 N–H and O–H groups in total. The molecule has 0 spiro atoms. The molecule has 5 aromatic carbocycles. The van der Waals surface area contributed by atoms with Crippen LogP contribution in [0.15, 0.2) is 132 Å². The van der Waals surface area contributed by atoms with Crippen molar-refractivity contribution in [1.29, 1.82) is 0 Å². The minimum atomic E-state index is 0.00352. The first-order valence-electron chi connectivity index (χ1n) is 33.5. The average Bonchev–Trinajstić information content (AvgIpc) is 2.33. The zero-order valence-corrected chi connectivity index (χ0v) is 55.2. The first kappa shape index (κ1) is 66.7. The molecular formula is C81H114N2. The van der Waals surface area contributed by atoms with Gasteiger partial charge in [0.25, 0.3) is 0 Å². The first-order valence-corrected chi connectivity index (χ1v) is 33.5. The number of rotatable bonds is 33. The van der Waals surface area contributed by atoms with Gasteiger partial charge >= 0.3 is 0 Å². The van der Waals surface area contributed by atoms with E-state index in [2.05, 4.69) is 218 Å². The summed E-state index contributed by atoms with van der Waals surface area (Å²) in [7, 11) is 0. The van der Waals surface area contributed by atoms with E-state index >= 15 is 0 Å². The summed E-state index contributed by atoms with van der Waals surface area (Å²) in [5.41, 5.74) is 31.2. The molecule has 448 valence electrons. The third-order valence-electron chi connectivity index (χ3n) is 18.5.